The van der Waals surface area contributed by atoms with Crippen molar-refractivity contribution in [3.8, 4) is 0 Å². The molecular formula is C12H15FO2. The van der Waals surface area contributed by atoms with Crippen molar-refractivity contribution in [2.24, 2.45) is 0 Å². The Bertz CT molecular complexity index is 359. The van der Waals surface area contributed by atoms with E-state index in [0.717, 1.165) is 18.4 Å². The van der Waals surface area contributed by atoms with Gasteiger partial charge in [-0.3, -0.25) is 0 Å². The second-order valence-corrected chi connectivity index (χ2v) is 4.26. The maximum atomic E-state index is 13.5. The molecule has 15 heavy (non-hydrogen) atoms. The maximum Gasteiger partial charge on any atom is 0.128 e. The van der Waals surface area contributed by atoms with Crippen molar-refractivity contribution >= 4 is 0 Å². The lowest BCUT2D eigenvalue weighted by molar-refractivity contribution is 0.151. The normalized spacial score (nSPS) is 17.8. The zero-order valence-corrected chi connectivity index (χ0v) is 8.79. The highest BCUT2D eigenvalue weighted by atomic mass is 19.1. The van der Waals surface area contributed by atoms with E-state index in [1.807, 2.05) is 6.07 Å². The third-order valence-corrected chi connectivity index (χ3v) is 2.78. The molecule has 1 aliphatic rings. The zero-order valence-electron chi connectivity index (χ0n) is 8.79. The highest BCUT2D eigenvalue weighted by Crippen LogP contribution is 2.38. The van der Waals surface area contributed by atoms with E-state index in [4.69, 9.17) is 4.74 Å². The van der Waals surface area contributed by atoms with E-state index >= 15 is 0 Å². The van der Waals surface area contributed by atoms with E-state index in [0.29, 0.717) is 12.0 Å². The van der Waals surface area contributed by atoms with Crippen LogP contribution in [0.5, 0.6) is 0 Å². The molecule has 3 heteroatoms. The van der Waals surface area contributed by atoms with Crippen LogP contribution >= 0.6 is 0 Å². The third-order valence-electron chi connectivity index (χ3n) is 2.78. The van der Waals surface area contributed by atoms with Crippen molar-refractivity contribution in [1.82, 2.24) is 0 Å². The lowest BCUT2D eigenvalue weighted by Gasteiger charge is -2.09. The van der Waals surface area contributed by atoms with Gasteiger partial charge in [0.2, 0.25) is 0 Å². The molecule has 0 atom stereocenters. The minimum Gasteiger partial charge on any atom is -0.390 e. The summed E-state index contributed by atoms with van der Waals surface area (Å²) >= 11 is 0. The largest absolute Gasteiger partial charge is 0.390 e. The molecule has 0 spiro atoms. The molecular weight excluding hydrogens is 195 g/mol. The Morgan fingerprint density at radius 1 is 1.47 bits per heavy atom. The Morgan fingerprint density at radius 3 is 2.73 bits per heavy atom. The van der Waals surface area contributed by atoms with Crippen molar-refractivity contribution < 1.29 is 14.2 Å². The van der Waals surface area contributed by atoms with E-state index in [9.17, 15) is 9.50 Å². The molecule has 1 saturated carbocycles. The van der Waals surface area contributed by atoms with Gasteiger partial charge in [0.05, 0.1) is 12.2 Å². The van der Waals surface area contributed by atoms with Gasteiger partial charge in [-0.1, -0.05) is 12.1 Å². The SMILES string of the molecule is COCc1ccc(CC2(O)CC2)cc1F. The van der Waals surface area contributed by atoms with E-state index < -0.39 is 5.60 Å². The summed E-state index contributed by atoms with van der Waals surface area (Å²) in [4.78, 5) is 0. The predicted octanol–water partition coefficient (Wildman–Crippen LogP) is 2.04. The minimum atomic E-state index is -0.560. The number of hydrogen-bond acceptors (Lipinski definition) is 2. The fourth-order valence-electron chi connectivity index (χ4n) is 1.67. The average molecular weight is 210 g/mol. The molecule has 82 valence electrons. The molecule has 1 aliphatic carbocycles. The first-order chi connectivity index (χ1) is 7.13. The van der Waals surface area contributed by atoms with E-state index in [2.05, 4.69) is 0 Å². The van der Waals surface area contributed by atoms with E-state index in [-0.39, 0.29) is 12.4 Å². The number of aliphatic hydroxyl groups is 1. The van der Waals surface area contributed by atoms with Gasteiger partial charge in [-0.15, -0.1) is 0 Å². The Balaban J connectivity index is 2.10. The van der Waals surface area contributed by atoms with Crippen LogP contribution in [0.25, 0.3) is 0 Å². The van der Waals surface area contributed by atoms with Crippen LogP contribution in [0.1, 0.15) is 24.0 Å². The van der Waals surface area contributed by atoms with Crippen LogP contribution in [-0.2, 0) is 17.8 Å². The van der Waals surface area contributed by atoms with Crippen LogP contribution < -0.4 is 0 Å². The first kappa shape index (κ1) is 10.6. The average Bonchev–Trinajstić information content (AvgIpc) is 2.89. The molecule has 0 bridgehead atoms. The fourth-order valence-corrected chi connectivity index (χ4v) is 1.67. The van der Waals surface area contributed by atoms with Gasteiger partial charge < -0.3 is 9.84 Å². The molecule has 2 rings (SSSR count). The van der Waals surface area contributed by atoms with Gasteiger partial charge in [0, 0.05) is 19.1 Å². The smallest absolute Gasteiger partial charge is 0.128 e. The predicted molar refractivity (Wildman–Crippen MR) is 55.0 cm³/mol. The van der Waals surface area contributed by atoms with E-state index in [1.54, 1.807) is 13.2 Å². The molecule has 0 aromatic heterocycles. The summed E-state index contributed by atoms with van der Waals surface area (Å²) in [6.45, 7) is 0.288. The van der Waals surface area contributed by atoms with Gasteiger partial charge in [0.25, 0.3) is 0 Å². The Kier molecular flexibility index (Phi) is 2.76. The van der Waals surface area contributed by atoms with Gasteiger partial charge in [0.15, 0.2) is 0 Å². The number of ether oxygens (including phenoxy) is 1. The van der Waals surface area contributed by atoms with Crippen LogP contribution in [0.15, 0.2) is 18.2 Å². The molecule has 1 aromatic rings. The zero-order chi connectivity index (χ0) is 10.9. The van der Waals surface area contributed by atoms with Gasteiger partial charge in [-0.05, 0) is 24.5 Å². The molecule has 1 fully saturated rings. The maximum absolute atomic E-state index is 13.5. The number of benzene rings is 1. The molecule has 0 saturated heterocycles. The molecule has 0 unspecified atom stereocenters. The molecule has 1 aromatic carbocycles. The second-order valence-electron chi connectivity index (χ2n) is 4.26. The van der Waals surface area contributed by atoms with Gasteiger partial charge in [-0.25, -0.2) is 4.39 Å². The topological polar surface area (TPSA) is 29.5 Å². The summed E-state index contributed by atoms with van der Waals surface area (Å²) in [5, 5.41) is 9.70. The van der Waals surface area contributed by atoms with Gasteiger partial charge in [-0.2, -0.15) is 0 Å². The monoisotopic (exact) mass is 210 g/mol. The fraction of sp³-hybridized carbons (Fsp3) is 0.500. The van der Waals surface area contributed by atoms with Crippen LogP contribution in [0.4, 0.5) is 4.39 Å². The first-order valence-electron chi connectivity index (χ1n) is 5.12. The number of rotatable bonds is 4. The Labute approximate surface area is 88.7 Å². The number of methoxy groups -OCH3 is 1. The molecule has 1 N–H and O–H groups in total. The standard InChI is InChI=1S/C12H15FO2/c1-15-8-10-3-2-9(6-11(10)13)7-12(14)4-5-12/h2-3,6,14H,4-5,7-8H2,1H3. The van der Waals surface area contributed by atoms with Crippen molar-refractivity contribution in [3.63, 3.8) is 0 Å². The van der Waals surface area contributed by atoms with Crippen LogP contribution in [0.2, 0.25) is 0 Å². The molecule has 0 radical (unpaired) electrons. The Hall–Kier alpha value is -0.930. The minimum absolute atomic E-state index is 0.251. The lowest BCUT2D eigenvalue weighted by Crippen LogP contribution is -2.11. The summed E-state index contributed by atoms with van der Waals surface area (Å²) < 4.78 is 18.3. The molecule has 0 aliphatic heterocycles. The summed E-state index contributed by atoms with van der Waals surface area (Å²) in [5.74, 6) is -0.251. The van der Waals surface area contributed by atoms with Crippen molar-refractivity contribution in [2.45, 2.75) is 31.5 Å². The number of hydrogen-bond donors (Lipinski definition) is 1. The van der Waals surface area contributed by atoms with Crippen LogP contribution in [0, 0.1) is 5.82 Å². The summed E-state index contributed by atoms with van der Waals surface area (Å²) in [6, 6.07) is 5.07. The van der Waals surface area contributed by atoms with Crippen LogP contribution in [-0.4, -0.2) is 17.8 Å². The van der Waals surface area contributed by atoms with Crippen LogP contribution in [0.3, 0.4) is 0 Å². The van der Waals surface area contributed by atoms with E-state index in [1.165, 1.54) is 6.07 Å². The van der Waals surface area contributed by atoms with Crippen molar-refractivity contribution in [2.75, 3.05) is 7.11 Å². The van der Waals surface area contributed by atoms with Crippen molar-refractivity contribution in [1.29, 1.82) is 0 Å². The van der Waals surface area contributed by atoms with Gasteiger partial charge >= 0.3 is 0 Å². The molecule has 0 amide bonds. The number of halogens is 1. The third kappa shape index (κ3) is 2.55. The van der Waals surface area contributed by atoms with Crippen molar-refractivity contribution in [3.05, 3.63) is 35.1 Å². The van der Waals surface area contributed by atoms with Gasteiger partial charge in [0.1, 0.15) is 5.82 Å². The quantitative estimate of drug-likeness (QED) is 0.824. The highest BCUT2D eigenvalue weighted by molar-refractivity contribution is 5.26. The molecule has 0 heterocycles. The lowest BCUT2D eigenvalue weighted by atomic mass is 10.0. The Morgan fingerprint density at radius 2 is 2.20 bits per heavy atom. The first-order valence-corrected chi connectivity index (χ1v) is 5.12. The summed E-state index contributed by atoms with van der Waals surface area (Å²) in [7, 11) is 1.54. The summed E-state index contributed by atoms with van der Waals surface area (Å²) in [5.41, 5.74) is 0.853. The summed E-state index contributed by atoms with van der Waals surface area (Å²) in [6.07, 6.45) is 2.21. The highest BCUT2D eigenvalue weighted by Gasteiger charge is 2.40. The molecule has 2 nitrogen and oxygen atoms in total. The second kappa shape index (κ2) is 3.91.